The van der Waals surface area contributed by atoms with E-state index < -0.39 is 5.97 Å². The summed E-state index contributed by atoms with van der Waals surface area (Å²) in [5, 5.41) is 9.34. The van der Waals surface area contributed by atoms with Crippen molar-refractivity contribution < 1.29 is 19.4 Å². The second-order valence-electron chi connectivity index (χ2n) is 7.47. The van der Waals surface area contributed by atoms with Crippen molar-refractivity contribution in [1.82, 2.24) is 9.55 Å². The van der Waals surface area contributed by atoms with Gasteiger partial charge in [0, 0.05) is 19.4 Å². The van der Waals surface area contributed by atoms with Crippen LogP contribution >= 0.6 is 0 Å². The molecule has 0 fully saturated rings. The van der Waals surface area contributed by atoms with E-state index in [1.165, 1.54) is 0 Å². The number of benzene rings is 3. The van der Waals surface area contributed by atoms with E-state index in [-0.39, 0.29) is 12.3 Å². The van der Waals surface area contributed by atoms with Gasteiger partial charge in [-0.1, -0.05) is 42.5 Å². The van der Waals surface area contributed by atoms with Crippen LogP contribution in [0.4, 0.5) is 0 Å². The van der Waals surface area contributed by atoms with Crippen LogP contribution in [0.25, 0.3) is 0 Å². The largest absolute Gasteiger partial charge is 0.489 e. The number of carboxylic acids is 1. The van der Waals surface area contributed by atoms with E-state index in [2.05, 4.69) is 4.98 Å². The third-order valence-electron chi connectivity index (χ3n) is 5.11. The Morgan fingerprint density at radius 2 is 1.72 bits per heavy atom. The number of aryl methyl sites for hydroxylation is 1. The molecule has 1 atom stereocenters. The molecule has 0 radical (unpaired) electrons. The van der Waals surface area contributed by atoms with Crippen LogP contribution in [-0.4, -0.2) is 20.6 Å². The lowest BCUT2D eigenvalue weighted by molar-refractivity contribution is -0.137. The second-order valence-corrected chi connectivity index (χ2v) is 7.47. The van der Waals surface area contributed by atoms with E-state index in [9.17, 15) is 9.90 Å². The minimum atomic E-state index is -0.865. The van der Waals surface area contributed by atoms with E-state index in [0.29, 0.717) is 12.4 Å². The summed E-state index contributed by atoms with van der Waals surface area (Å²) < 4.78 is 13.7. The first kappa shape index (κ1) is 21.2. The van der Waals surface area contributed by atoms with Crippen LogP contribution in [0.2, 0.25) is 0 Å². The molecule has 1 heterocycles. The molecule has 0 bridgehead atoms. The lowest BCUT2D eigenvalue weighted by Gasteiger charge is -2.16. The number of nitrogens with zero attached hydrogens (tertiary/aromatic N) is 2. The number of aliphatic carboxylic acids is 1. The number of hydrogen-bond donors (Lipinski definition) is 1. The molecule has 6 heteroatoms. The summed E-state index contributed by atoms with van der Waals surface area (Å²) in [6.45, 7) is 0.392. The summed E-state index contributed by atoms with van der Waals surface area (Å²) in [5.41, 5.74) is 1.87. The van der Waals surface area contributed by atoms with Crippen molar-refractivity contribution >= 4 is 5.97 Å². The number of para-hydroxylation sites is 1. The third kappa shape index (κ3) is 5.35. The highest BCUT2D eigenvalue weighted by molar-refractivity contribution is 5.68. The van der Waals surface area contributed by atoms with Gasteiger partial charge in [0.05, 0.1) is 12.3 Å². The molecule has 3 aromatic carbocycles. The van der Waals surface area contributed by atoms with Gasteiger partial charge < -0.3 is 19.1 Å². The quantitative estimate of drug-likeness (QED) is 0.386. The van der Waals surface area contributed by atoms with E-state index in [0.717, 1.165) is 28.5 Å². The van der Waals surface area contributed by atoms with Crippen molar-refractivity contribution in [3.63, 3.8) is 0 Å². The number of imidazole rings is 1. The maximum absolute atomic E-state index is 11.4. The standard InChI is InChI=1S/C26H24N2O4/c1-28-15-14-27-26(28)24(17-25(29)30)20-10-12-21(13-11-20)31-18-19-6-5-9-23(16-19)32-22-7-3-2-4-8-22/h2-16,24H,17-18H2,1H3,(H,29,30)/t24-/m0/s1. The fourth-order valence-corrected chi connectivity index (χ4v) is 3.53. The number of hydrogen-bond acceptors (Lipinski definition) is 4. The van der Waals surface area contributed by atoms with Gasteiger partial charge in [-0.3, -0.25) is 4.79 Å². The Morgan fingerprint density at radius 1 is 0.969 bits per heavy atom. The van der Waals surface area contributed by atoms with Crippen molar-refractivity contribution in [3.8, 4) is 17.2 Å². The maximum Gasteiger partial charge on any atom is 0.304 e. The van der Waals surface area contributed by atoms with Crippen LogP contribution in [0.5, 0.6) is 17.2 Å². The SMILES string of the molecule is Cn1ccnc1[C@@H](CC(=O)O)c1ccc(OCc2cccc(Oc3ccccc3)c2)cc1. The van der Waals surface area contributed by atoms with Gasteiger partial charge in [0.15, 0.2) is 0 Å². The summed E-state index contributed by atoms with van der Waals surface area (Å²) in [4.78, 5) is 15.7. The molecule has 0 spiro atoms. The van der Waals surface area contributed by atoms with Crippen LogP contribution in [0.1, 0.15) is 29.3 Å². The zero-order valence-electron chi connectivity index (χ0n) is 17.7. The van der Waals surface area contributed by atoms with Crippen molar-refractivity contribution in [1.29, 1.82) is 0 Å². The highest BCUT2D eigenvalue weighted by atomic mass is 16.5. The zero-order chi connectivity index (χ0) is 22.3. The molecular formula is C26H24N2O4. The van der Waals surface area contributed by atoms with Crippen molar-refractivity contribution in [3.05, 3.63) is 108 Å². The lowest BCUT2D eigenvalue weighted by Crippen LogP contribution is -2.12. The summed E-state index contributed by atoms with van der Waals surface area (Å²) in [5.74, 6) is 1.77. The first-order valence-electron chi connectivity index (χ1n) is 10.3. The van der Waals surface area contributed by atoms with Gasteiger partial charge in [0.2, 0.25) is 0 Å². The monoisotopic (exact) mass is 428 g/mol. The zero-order valence-corrected chi connectivity index (χ0v) is 17.7. The average Bonchev–Trinajstić information content (AvgIpc) is 3.23. The summed E-state index contributed by atoms with van der Waals surface area (Å²) in [6, 6.07) is 24.9. The molecule has 0 aliphatic carbocycles. The van der Waals surface area contributed by atoms with Crippen LogP contribution in [0.15, 0.2) is 91.3 Å². The Bertz CT molecular complexity index is 1170. The Kier molecular flexibility index (Phi) is 6.51. The van der Waals surface area contributed by atoms with Crippen molar-refractivity contribution in [2.24, 2.45) is 7.05 Å². The Hall–Kier alpha value is -4.06. The van der Waals surface area contributed by atoms with Crippen molar-refractivity contribution in [2.75, 3.05) is 0 Å². The minimum Gasteiger partial charge on any atom is -0.489 e. The topological polar surface area (TPSA) is 73.6 Å². The second kappa shape index (κ2) is 9.83. The fraction of sp³-hybridized carbons (Fsp3) is 0.154. The lowest BCUT2D eigenvalue weighted by atomic mass is 9.94. The Labute approximate surface area is 186 Å². The normalized spacial score (nSPS) is 11.7. The Balaban J connectivity index is 1.42. The number of carboxylic acid groups (broad SMARTS) is 1. The van der Waals surface area contributed by atoms with Crippen LogP contribution in [-0.2, 0) is 18.4 Å². The van der Waals surface area contributed by atoms with Gasteiger partial charge in [-0.05, 0) is 47.5 Å². The number of rotatable bonds is 9. The molecule has 0 unspecified atom stereocenters. The summed E-state index contributed by atoms with van der Waals surface area (Å²) >= 11 is 0. The summed E-state index contributed by atoms with van der Waals surface area (Å²) in [7, 11) is 1.87. The average molecular weight is 428 g/mol. The van der Waals surface area contributed by atoms with E-state index in [1.54, 1.807) is 6.20 Å². The van der Waals surface area contributed by atoms with Gasteiger partial charge in [-0.25, -0.2) is 4.98 Å². The van der Waals surface area contributed by atoms with Gasteiger partial charge in [-0.15, -0.1) is 0 Å². The van der Waals surface area contributed by atoms with Crippen molar-refractivity contribution in [2.45, 2.75) is 18.9 Å². The van der Waals surface area contributed by atoms with Crippen LogP contribution in [0.3, 0.4) is 0 Å². The number of ether oxygens (including phenoxy) is 2. The molecule has 0 saturated carbocycles. The smallest absolute Gasteiger partial charge is 0.304 e. The molecule has 32 heavy (non-hydrogen) atoms. The van der Waals surface area contributed by atoms with Gasteiger partial charge >= 0.3 is 5.97 Å². The highest BCUT2D eigenvalue weighted by Crippen LogP contribution is 2.29. The molecule has 0 aliphatic heterocycles. The molecule has 0 saturated heterocycles. The first-order valence-corrected chi connectivity index (χ1v) is 10.3. The third-order valence-corrected chi connectivity index (χ3v) is 5.11. The van der Waals surface area contributed by atoms with E-state index >= 15 is 0 Å². The van der Waals surface area contributed by atoms with Crippen LogP contribution in [0, 0.1) is 0 Å². The molecule has 0 aliphatic rings. The molecule has 0 amide bonds. The molecular weight excluding hydrogens is 404 g/mol. The number of carbonyl (C=O) groups is 1. The minimum absolute atomic E-state index is 0.0285. The molecule has 162 valence electrons. The summed E-state index contributed by atoms with van der Waals surface area (Å²) in [6.07, 6.45) is 3.47. The van der Waals surface area contributed by atoms with Gasteiger partial charge in [0.25, 0.3) is 0 Å². The maximum atomic E-state index is 11.4. The fourth-order valence-electron chi connectivity index (χ4n) is 3.53. The predicted molar refractivity (Wildman–Crippen MR) is 121 cm³/mol. The molecule has 6 nitrogen and oxygen atoms in total. The molecule has 1 N–H and O–H groups in total. The van der Waals surface area contributed by atoms with Gasteiger partial charge in [-0.2, -0.15) is 0 Å². The van der Waals surface area contributed by atoms with E-state index in [1.807, 2.05) is 96.7 Å². The Morgan fingerprint density at radius 3 is 2.41 bits per heavy atom. The van der Waals surface area contributed by atoms with Crippen LogP contribution < -0.4 is 9.47 Å². The van der Waals surface area contributed by atoms with E-state index in [4.69, 9.17) is 9.47 Å². The molecule has 1 aromatic heterocycles. The predicted octanol–water partition coefficient (Wildman–Crippen LogP) is 5.40. The first-order chi connectivity index (χ1) is 15.6. The molecule has 4 rings (SSSR count). The number of aromatic nitrogens is 2. The molecule has 4 aromatic rings. The highest BCUT2D eigenvalue weighted by Gasteiger charge is 2.21. The van der Waals surface area contributed by atoms with Gasteiger partial charge in [0.1, 0.15) is 29.7 Å².